The minimum absolute atomic E-state index is 0.0453. The van der Waals surface area contributed by atoms with Crippen molar-refractivity contribution in [2.75, 3.05) is 6.54 Å². The number of hydrogen-bond donors (Lipinski definition) is 1. The average Bonchev–Trinajstić information content (AvgIpc) is 2.58. The van der Waals surface area contributed by atoms with E-state index >= 15 is 0 Å². The maximum atomic E-state index is 11.7. The van der Waals surface area contributed by atoms with E-state index in [1.807, 2.05) is 30.3 Å². The number of amides is 1. The van der Waals surface area contributed by atoms with E-state index in [1.165, 1.54) is 32.1 Å². The monoisotopic (exact) mass is 303 g/mol. The van der Waals surface area contributed by atoms with Gasteiger partial charge >= 0.3 is 5.97 Å². The van der Waals surface area contributed by atoms with Gasteiger partial charge in [0.05, 0.1) is 0 Å². The van der Waals surface area contributed by atoms with Crippen LogP contribution < -0.4 is 5.32 Å². The van der Waals surface area contributed by atoms with Crippen molar-refractivity contribution in [1.82, 2.24) is 5.32 Å². The Morgan fingerprint density at radius 3 is 2.55 bits per heavy atom. The summed E-state index contributed by atoms with van der Waals surface area (Å²) in [5.74, 6) is 0.238. The smallest absolute Gasteiger partial charge is 0.325 e. The number of hydrogen-bond acceptors (Lipinski definition) is 3. The molecule has 2 rings (SSSR count). The number of carbonyl (C=O) groups excluding carboxylic acids is 2. The molecular formula is C18H25NO3. The van der Waals surface area contributed by atoms with Crippen molar-refractivity contribution in [3.05, 3.63) is 35.9 Å². The first kappa shape index (κ1) is 16.5. The van der Waals surface area contributed by atoms with Crippen molar-refractivity contribution in [2.45, 2.75) is 51.6 Å². The summed E-state index contributed by atoms with van der Waals surface area (Å²) < 4.78 is 5.12. The zero-order valence-electron chi connectivity index (χ0n) is 13.1. The number of esters is 1. The SMILES string of the molecule is O=C(CCC1CCCCC1)NCC(=O)OCc1ccccc1. The van der Waals surface area contributed by atoms with E-state index in [4.69, 9.17) is 4.74 Å². The molecule has 4 nitrogen and oxygen atoms in total. The molecule has 1 aliphatic carbocycles. The highest BCUT2D eigenvalue weighted by Crippen LogP contribution is 2.27. The van der Waals surface area contributed by atoms with E-state index in [-0.39, 0.29) is 19.1 Å². The first-order chi connectivity index (χ1) is 10.7. The fourth-order valence-corrected chi connectivity index (χ4v) is 2.86. The lowest BCUT2D eigenvalue weighted by Gasteiger charge is -2.20. The highest BCUT2D eigenvalue weighted by Gasteiger charge is 2.15. The van der Waals surface area contributed by atoms with Crippen LogP contribution in [0.15, 0.2) is 30.3 Å². The number of rotatable bonds is 7. The lowest BCUT2D eigenvalue weighted by atomic mass is 9.86. The minimum atomic E-state index is -0.394. The predicted molar refractivity (Wildman–Crippen MR) is 85.1 cm³/mol. The second-order valence-electron chi connectivity index (χ2n) is 5.97. The van der Waals surface area contributed by atoms with Crippen molar-refractivity contribution in [2.24, 2.45) is 5.92 Å². The summed E-state index contributed by atoms with van der Waals surface area (Å²) in [6.45, 7) is 0.202. The Morgan fingerprint density at radius 1 is 1.09 bits per heavy atom. The van der Waals surface area contributed by atoms with Gasteiger partial charge in [0.1, 0.15) is 13.2 Å². The third-order valence-corrected chi connectivity index (χ3v) is 4.18. The first-order valence-corrected chi connectivity index (χ1v) is 8.20. The summed E-state index contributed by atoms with van der Waals surface area (Å²) in [6.07, 6.45) is 7.84. The standard InChI is InChI=1S/C18H25NO3/c20-17(12-11-15-7-3-1-4-8-15)19-13-18(21)22-14-16-9-5-2-6-10-16/h2,5-6,9-10,15H,1,3-4,7-8,11-14H2,(H,19,20). The Bertz CT molecular complexity index is 466. The number of nitrogens with one attached hydrogen (secondary N) is 1. The molecule has 0 aliphatic heterocycles. The van der Waals surface area contributed by atoms with Crippen LogP contribution in [0.1, 0.15) is 50.5 Å². The van der Waals surface area contributed by atoms with Crippen LogP contribution in [-0.4, -0.2) is 18.4 Å². The molecule has 1 N–H and O–H groups in total. The van der Waals surface area contributed by atoms with Gasteiger partial charge in [0, 0.05) is 6.42 Å². The molecule has 22 heavy (non-hydrogen) atoms. The largest absolute Gasteiger partial charge is 0.460 e. The molecule has 0 saturated heterocycles. The number of benzene rings is 1. The van der Waals surface area contributed by atoms with E-state index in [9.17, 15) is 9.59 Å². The van der Waals surface area contributed by atoms with Gasteiger partial charge in [-0.3, -0.25) is 9.59 Å². The molecule has 4 heteroatoms. The lowest BCUT2D eigenvalue weighted by Crippen LogP contribution is -2.30. The highest BCUT2D eigenvalue weighted by molar-refractivity contribution is 5.81. The number of ether oxygens (including phenoxy) is 1. The molecule has 120 valence electrons. The highest BCUT2D eigenvalue weighted by atomic mass is 16.5. The Balaban J connectivity index is 1.56. The van der Waals surface area contributed by atoms with Crippen LogP contribution in [0.4, 0.5) is 0 Å². The normalized spacial score (nSPS) is 15.3. The molecular weight excluding hydrogens is 278 g/mol. The van der Waals surface area contributed by atoms with Crippen molar-refractivity contribution < 1.29 is 14.3 Å². The Hall–Kier alpha value is -1.84. The van der Waals surface area contributed by atoms with Gasteiger partial charge in [0.25, 0.3) is 0 Å². The second-order valence-corrected chi connectivity index (χ2v) is 5.97. The summed E-state index contributed by atoms with van der Waals surface area (Å²) in [4.78, 5) is 23.3. The molecule has 0 aromatic heterocycles. The van der Waals surface area contributed by atoms with Crippen molar-refractivity contribution in [3.63, 3.8) is 0 Å². The summed E-state index contributed by atoms with van der Waals surface area (Å²) >= 11 is 0. The van der Waals surface area contributed by atoms with Gasteiger partial charge in [-0.1, -0.05) is 62.4 Å². The Morgan fingerprint density at radius 2 is 1.82 bits per heavy atom. The van der Waals surface area contributed by atoms with Crippen LogP contribution in [0, 0.1) is 5.92 Å². The molecule has 1 aliphatic rings. The molecule has 0 spiro atoms. The fourth-order valence-electron chi connectivity index (χ4n) is 2.86. The lowest BCUT2D eigenvalue weighted by molar-refractivity contribution is -0.145. The van der Waals surface area contributed by atoms with E-state index in [2.05, 4.69) is 5.32 Å². The quantitative estimate of drug-likeness (QED) is 0.787. The molecule has 1 saturated carbocycles. The van der Waals surface area contributed by atoms with Gasteiger partial charge in [-0.15, -0.1) is 0 Å². The zero-order chi connectivity index (χ0) is 15.6. The molecule has 1 amide bonds. The topological polar surface area (TPSA) is 55.4 Å². The third kappa shape index (κ3) is 6.29. The molecule has 0 atom stereocenters. The van der Waals surface area contributed by atoms with Crippen LogP contribution in [0.5, 0.6) is 0 Å². The van der Waals surface area contributed by atoms with Crippen molar-refractivity contribution >= 4 is 11.9 Å². The summed E-state index contributed by atoms with van der Waals surface area (Å²) in [7, 11) is 0. The van der Waals surface area contributed by atoms with Gasteiger partial charge in [0.15, 0.2) is 0 Å². The van der Waals surface area contributed by atoms with Crippen LogP contribution in [0.2, 0.25) is 0 Å². The third-order valence-electron chi connectivity index (χ3n) is 4.18. The second kappa shape index (κ2) is 9.23. The van der Waals surface area contributed by atoms with Crippen LogP contribution in [0.3, 0.4) is 0 Å². The Kier molecular flexibility index (Phi) is 6.94. The molecule has 0 bridgehead atoms. The van der Waals surface area contributed by atoms with Gasteiger partial charge < -0.3 is 10.1 Å². The first-order valence-electron chi connectivity index (χ1n) is 8.20. The van der Waals surface area contributed by atoms with Gasteiger partial charge in [-0.25, -0.2) is 0 Å². The van der Waals surface area contributed by atoms with E-state index in [1.54, 1.807) is 0 Å². The van der Waals surface area contributed by atoms with Crippen molar-refractivity contribution in [1.29, 1.82) is 0 Å². The average molecular weight is 303 g/mol. The Labute approximate surface area is 132 Å². The van der Waals surface area contributed by atoms with E-state index in [0.29, 0.717) is 12.3 Å². The molecule has 0 radical (unpaired) electrons. The summed E-state index contributed by atoms with van der Waals surface area (Å²) in [5.41, 5.74) is 0.944. The van der Waals surface area contributed by atoms with Crippen molar-refractivity contribution in [3.8, 4) is 0 Å². The van der Waals surface area contributed by atoms with E-state index < -0.39 is 5.97 Å². The molecule has 0 unspecified atom stereocenters. The minimum Gasteiger partial charge on any atom is -0.460 e. The molecule has 0 heterocycles. The van der Waals surface area contributed by atoms with Gasteiger partial charge in [0.2, 0.25) is 5.91 Å². The zero-order valence-corrected chi connectivity index (χ0v) is 13.1. The number of carbonyl (C=O) groups is 2. The summed E-state index contributed by atoms with van der Waals surface area (Å²) in [5, 5.41) is 2.64. The van der Waals surface area contributed by atoms with Crippen LogP contribution in [0.25, 0.3) is 0 Å². The van der Waals surface area contributed by atoms with Crippen LogP contribution in [-0.2, 0) is 20.9 Å². The fraction of sp³-hybridized carbons (Fsp3) is 0.556. The summed E-state index contributed by atoms with van der Waals surface area (Å²) in [6, 6.07) is 9.51. The predicted octanol–water partition coefficient (Wildman–Crippen LogP) is 3.21. The maximum Gasteiger partial charge on any atom is 0.325 e. The van der Waals surface area contributed by atoms with E-state index in [0.717, 1.165) is 12.0 Å². The molecule has 1 aromatic carbocycles. The maximum absolute atomic E-state index is 11.7. The molecule has 1 aromatic rings. The van der Waals surface area contributed by atoms with Crippen LogP contribution >= 0.6 is 0 Å². The van der Waals surface area contributed by atoms with Gasteiger partial charge in [-0.05, 0) is 17.9 Å². The van der Waals surface area contributed by atoms with Gasteiger partial charge in [-0.2, -0.15) is 0 Å². The molecule has 1 fully saturated rings.